The van der Waals surface area contributed by atoms with Crippen molar-refractivity contribution in [2.45, 2.75) is 13.8 Å². The summed E-state index contributed by atoms with van der Waals surface area (Å²) >= 11 is 0. The van der Waals surface area contributed by atoms with Crippen LogP contribution in [0.25, 0.3) is 0 Å². The summed E-state index contributed by atoms with van der Waals surface area (Å²) in [4.78, 5) is 19.2. The molecule has 100 valence electrons. The van der Waals surface area contributed by atoms with Gasteiger partial charge in [-0.25, -0.2) is 14.8 Å². The third kappa shape index (κ3) is 3.93. The predicted octanol–water partition coefficient (Wildman–Crippen LogP) is -0.461. The first-order valence-corrected chi connectivity index (χ1v) is 5.47. The summed E-state index contributed by atoms with van der Waals surface area (Å²) in [5, 5.41) is 11.8. The van der Waals surface area contributed by atoms with Crippen LogP contribution in [0.2, 0.25) is 0 Å². The van der Waals surface area contributed by atoms with Crippen LogP contribution in [-0.2, 0) is 0 Å². The fourth-order valence-corrected chi connectivity index (χ4v) is 1.61. The van der Waals surface area contributed by atoms with Crippen LogP contribution in [0.3, 0.4) is 0 Å². The molecule has 0 amide bonds. The van der Waals surface area contributed by atoms with Crippen molar-refractivity contribution in [1.29, 1.82) is 0 Å². The van der Waals surface area contributed by atoms with Gasteiger partial charge >= 0.3 is 5.97 Å². The predicted molar refractivity (Wildman–Crippen MR) is 68.2 cm³/mol. The van der Waals surface area contributed by atoms with Crippen LogP contribution in [0, 0.1) is 13.8 Å². The molecule has 0 aliphatic heterocycles. The fraction of sp³-hybridized carbons (Fsp3) is 0.154. The van der Waals surface area contributed by atoms with Crippen LogP contribution < -0.4 is 17.7 Å². The van der Waals surface area contributed by atoms with Gasteiger partial charge < -0.3 is 22.8 Å². The Kier molecular flexibility index (Phi) is 4.83. The van der Waals surface area contributed by atoms with E-state index in [0.29, 0.717) is 5.95 Å². The van der Waals surface area contributed by atoms with Crippen molar-refractivity contribution >= 4 is 17.6 Å². The first-order valence-electron chi connectivity index (χ1n) is 5.47. The molecule has 0 radical (unpaired) electrons. The van der Waals surface area contributed by atoms with Crippen LogP contribution in [0.1, 0.15) is 21.7 Å². The molecule has 0 aliphatic rings. The molecular formula is C13H13ClN3O2-. The molecule has 1 aromatic carbocycles. The van der Waals surface area contributed by atoms with Gasteiger partial charge in [0.25, 0.3) is 0 Å². The van der Waals surface area contributed by atoms with E-state index in [-0.39, 0.29) is 18.0 Å². The zero-order valence-electron chi connectivity index (χ0n) is 10.5. The lowest BCUT2D eigenvalue weighted by atomic mass is 10.2. The number of hydrogen-bond acceptors (Lipinski definition) is 4. The molecule has 0 saturated carbocycles. The third-order valence-electron chi connectivity index (χ3n) is 2.37. The van der Waals surface area contributed by atoms with E-state index in [0.717, 1.165) is 17.1 Å². The van der Waals surface area contributed by atoms with E-state index < -0.39 is 5.97 Å². The maximum atomic E-state index is 10.7. The van der Waals surface area contributed by atoms with E-state index in [1.165, 1.54) is 12.1 Å². The summed E-state index contributed by atoms with van der Waals surface area (Å²) in [5.41, 5.74) is 2.77. The van der Waals surface area contributed by atoms with E-state index in [4.69, 9.17) is 5.11 Å². The lowest BCUT2D eigenvalue weighted by Gasteiger charge is -2.06. The second kappa shape index (κ2) is 6.15. The van der Waals surface area contributed by atoms with Crippen LogP contribution in [0.15, 0.2) is 30.3 Å². The number of aromatic carboxylic acids is 1. The third-order valence-corrected chi connectivity index (χ3v) is 2.37. The van der Waals surface area contributed by atoms with E-state index in [1.54, 1.807) is 12.1 Å². The highest BCUT2D eigenvalue weighted by Crippen LogP contribution is 2.14. The average molecular weight is 279 g/mol. The normalized spacial score (nSPS) is 9.58. The van der Waals surface area contributed by atoms with Crippen LogP contribution in [-0.4, -0.2) is 21.0 Å². The van der Waals surface area contributed by atoms with Crippen LogP contribution in [0.5, 0.6) is 0 Å². The van der Waals surface area contributed by atoms with Gasteiger partial charge in [0.05, 0.1) is 5.56 Å². The highest BCUT2D eigenvalue weighted by molar-refractivity contribution is 5.88. The molecule has 0 fully saturated rings. The van der Waals surface area contributed by atoms with E-state index >= 15 is 0 Å². The van der Waals surface area contributed by atoms with Crippen molar-refractivity contribution in [1.82, 2.24) is 9.97 Å². The van der Waals surface area contributed by atoms with Gasteiger partial charge in [0.15, 0.2) is 0 Å². The lowest BCUT2D eigenvalue weighted by molar-refractivity contribution is -0.0000196. The number of aromatic nitrogens is 2. The van der Waals surface area contributed by atoms with Gasteiger partial charge in [-0.15, -0.1) is 0 Å². The number of anilines is 2. The minimum Gasteiger partial charge on any atom is -1.00 e. The monoisotopic (exact) mass is 278 g/mol. The number of hydrogen-bond donors (Lipinski definition) is 2. The molecule has 6 heteroatoms. The Morgan fingerprint density at radius 2 is 1.63 bits per heavy atom. The molecule has 0 unspecified atom stereocenters. The molecule has 0 aliphatic carbocycles. The van der Waals surface area contributed by atoms with Gasteiger partial charge in [-0.2, -0.15) is 0 Å². The van der Waals surface area contributed by atoms with Crippen molar-refractivity contribution in [3.05, 3.63) is 47.3 Å². The number of carboxylic acid groups (broad SMARTS) is 1. The largest absolute Gasteiger partial charge is 1.00 e. The minimum absolute atomic E-state index is 0. The standard InChI is InChI=1S/C13H13N3O2.ClH/c1-8-7-9(2)15-13(14-8)16-11-5-3-10(4-6-11)12(17)18;/h3-7H,1-2H3,(H,17,18)(H,14,15,16);1H/p-1. The Bertz CT molecular complexity index is 565. The number of nitrogens with zero attached hydrogens (tertiary/aromatic N) is 2. The Hall–Kier alpha value is -2.14. The maximum Gasteiger partial charge on any atom is 0.335 e. The summed E-state index contributed by atoms with van der Waals surface area (Å²) in [7, 11) is 0. The second-order valence-corrected chi connectivity index (χ2v) is 3.98. The number of nitrogens with one attached hydrogen (secondary N) is 1. The summed E-state index contributed by atoms with van der Waals surface area (Å²) in [6.07, 6.45) is 0. The highest BCUT2D eigenvalue weighted by Gasteiger charge is 2.03. The van der Waals surface area contributed by atoms with Crippen LogP contribution in [0.4, 0.5) is 11.6 Å². The first kappa shape index (κ1) is 14.9. The molecule has 1 aromatic heterocycles. The fourth-order valence-electron chi connectivity index (χ4n) is 1.61. The SMILES string of the molecule is Cc1cc(C)nc(Nc2ccc(C(=O)O)cc2)n1.[Cl-]. The molecule has 0 saturated heterocycles. The number of rotatable bonds is 3. The molecule has 2 N–H and O–H groups in total. The smallest absolute Gasteiger partial charge is 0.335 e. The molecule has 2 rings (SSSR count). The number of aryl methyl sites for hydroxylation is 2. The van der Waals surface area contributed by atoms with Crippen molar-refractivity contribution in [2.75, 3.05) is 5.32 Å². The zero-order chi connectivity index (χ0) is 13.1. The zero-order valence-corrected chi connectivity index (χ0v) is 11.3. The molecule has 5 nitrogen and oxygen atoms in total. The van der Waals surface area contributed by atoms with Gasteiger partial charge in [-0.05, 0) is 44.2 Å². The van der Waals surface area contributed by atoms with Crippen molar-refractivity contribution in [3.8, 4) is 0 Å². The summed E-state index contributed by atoms with van der Waals surface area (Å²) in [6, 6.07) is 8.33. The molecular weight excluding hydrogens is 266 g/mol. The van der Waals surface area contributed by atoms with Crippen molar-refractivity contribution in [3.63, 3.8) is 0 Å². The van der Waals surface area contributed by atoms with Crippen LogP contribution >= 0.6 is 0 Å². The number of benzene rings is 1. The summed E-state index contributed by atoms with van der Waals surface area (Å²) in [5.74, 6) is -0.431. The molecule has 0 bridgehead atoms. The average Bonchev–Trinajstić information content (AvgIpc) is 2.28. The number of halogens is 1. The maximum absolute atomic E-state index is 10.7. The second-order valence-electron chi connectivity index (χ2n) is 3.98. The highest BCUT2D eigenvalue weighted by atomic mass is 35.5. The molecule has 19 heavy (non-hydrogen) atoms. The molecule has 0 spiro atoms. The van der Waals surface area contributed by atoms with Gasteiger partial charge in [-0.1, -0.05) is 0 Å². The lowest BCUT2D eigenvalue weighted by Crippen LogP contribution is -3.00. The Labute approximate surface area is 117 Å². The van der Waals surface area contributed by atoms with Crippen molar-refractivity contribution < 1.29 is 22.3 Å². The Morgan fingerprint density at radius 1 is 1.11 bits per heavy atom. The number of carbonyl (C=O) groups is 1. The van der Waals surface area contributed by atoms with E-state index in [1.807, 2.05) is 19.9 Å². The van der Waals surface area contributed by atoms with Gasteiger partial charge in [0.1, 0.15) is 0 Å². The number of carboxylic acids is 1. The topological polar surface area (TPSA) is 75.1 Å². The van der Waals surface area contributed by atoms with Crippen molar-refractivity contribution in [2.24, 2.45) is 0 Å². The Balaban J connectivity index is 0.00000180. The quantitative estimate of drug-likeness (QED) is 0.795. The molecule has 0 atom stereocenters. The van der Waals surface area contributed by atoms with Gasteiger partial charge in [0.2, 0.25) is 5.95 Å². The summed E-state index contributed by atoms with van der Waals surface area (Å²) in [6.45, 7) is 3.79. The van der Waals surface area contributed by atoms with Gasteiger partial charge in [0, 0.05) is 17.1 Å². The Morgan fingerprint density at radius 3 is 2.11 bits per heavy atom. The minimum atomic E-state index is -0.941. The molecule has 2 aromatic rings. The van der Waals surface area contributed by atoms with E-state index in [2.05, 4.69) is 15.3 Å². The molecule has 1 heterocycles. The first-order chi connectivity index (χ1) is 8.54. The summed E-state index contributed by atoms with van der Waals surface area (Å²) < 4.78 is 0. The van der Waals surface area contributed by atoms with E-state index in [9.17, 15) is 4.79 Å². The van der Waals surface area contributed by atoms with Gasteiger partial charge in [-0.3, -0.25) is 0 Å².